The van der Waals surface area contributed by atoms with Gasteiger partial charge in [-0.25, -0.2) is 4.98 Å². The van der Waals surface area contributed by atoms with Crippen LogP contribution in [0.5, 0.6) is 0 Å². The minimum Gasteiger partial charge on any atom is -0.394 e. The van der Waals surface area contributed by atoms with Crippen LogP contribution < -0.4 is 5.32 Å². The Bertz CT molecular complexity index is 286. The smallest absolute Gasteiger partial charge is 0.126 e. The molecule has 0 fully saturated rings. The number of hydrogen-bond donors (Lipinski definition) is 2. The van der Waals surface area contributed by atoms with Crippen LogP contribution in [0.3, 0.4) is 0 Å². The van der Waals surface area contributed by atoms with Crippen molar-refractivity contribution in [2.45, 2.75) is 26.8 Å². The Balaban J connectivity index is 2.67. The molecule has 0 bridgehead atoms. The number of aromatic nitrogens is 1. The van der Waals surface area contributed by atoms with Crippen molar-refractivity contribution in [3.63, 3.8) is 0 Å². The summed E-state index contributed by atoms with van der Waals surface area (Å²) in [7, 11) is 0. The van der Waals surface area contributed by atoms with Crippen molar-refractivity contribution in [2.24, 2.45) is 5.92 Å². The van der Waals surface area contributed by atoms with Crippen molar-refractivity contribution in [1.82, 2.24) is 4.98 Å². The van der Waals surface area contributed by atoms with Crippen LogP contribution in [0.25, 0.3) is 0 Å². The van der Waals surface area contributed by atoms with E-state index in [2.05, 4.69) is 24.1 Å². The van der Waals surface area contributed by atoms with E-state index in [9.17, 15) is 0 Å². The SMILES string of the molecule is Cc1ccnc(N[C@H](CO)C(C)C)c1. The van der Waals surface area contributed by atoms with Crippen LogP contribution in [0.4, 0.5) is 5.82 Å². The number of aryl methyl sites for hydroxylation is 1. The third kappa shape index (κ3) is 3.00. The second-order valence-corrected chi connectivity index (χ2v) is 3.90. The van der Waals surface area contributed by atoms with Gasteiger partial charge in [-0.1, -0.05) is 13.8 Å². The molecule has 1 rings (SSSR count). The summed E-state index contributed by atoms with van der Waals surface area (Å²) < 4.78 is 0. The number of rotatable bonds is 4. The van der Waals surface area contributed by atoms with E-state index >= 15 is 0 Å². The topological polar surface area (TPSA) is 45.2 Å². The predicted molar refractivity (Wildman–Crippen MR) is 58.3 cm³/mol. The fourth-order valence-corrected chi connectivity index (χ4v) is 1.23. The van der Waals surface area contributed by atoms with E-state index in [0.717, 1.165) is 5.82 Å². The second-order valence-electron chi connectivity index (χ2n) is 3.90. The second kappa shape index (κ2) is 4.96. The third-order valence-electron chi connectivity index (χ3n) is 2.25. The zero-order valence-corrected chi connectivity index (χ0v) is 8.99. The molecule has 3 heteroatoms. The van der Waals surface area contributed by atoms with Crippen LogP contribution in [-0.2, 0) is 0 Å². The molecule has 0 aliphatic heterocycles. The van der Waals surface area contributed by atoms with Crippen molar-refractivity contribution in [1.29, 1.82) is 0 Å². The highest BCUT2D eigenvalue weighted by Crippen LogP contribution is 2.10. The molecule has 78 valence electrons. The van der Waals surface area contributed by atoms with E-state index in [-0.39, 0.29) is 12.6 Å². The van der Waals surface area contributed by atoms with Gasteiger partial charge in [0, 0.05) is 6.20 Å². The first-order valence-electron chi connectivity index (χ1n) is 4.93. The number of nitrogens with one attached hydrogen (secondary N) is 1. The number of aliphatic hydroxyl groups excluding tert-OH is 1. The minimum absolute atomic E-state index is 0.0734. The maximum absolute atomic E-state index is 9.14. The molecular formula is C11H18N2O. The highest BCUT2D eigenvalue weighted by Gasteiger charge is 2.11. The van der Waals surface area contributed by atoms with Crippen LogP contribution >= 0.6 is 0 Å². The number of anilines is 1. The Morgan fingerprint density at radius 3 is 2.71 bits per heavy atom. The van der Waals surface area contributed by atoms with Crippen molar-refractivity contribution in [3.8, 4) is 0 Å². The molecule has 2 N–H and O–H groups in total. The minimum atomic E-state index is 0.0734. The highest BCUT2D eigenvalue weighted by atomic mass is 16.3. The normalized spacial score (nSPS) is 12.9. The van der Waals surface area contributed by atoms with Crippen molar-refractivity contribution < 1.29 is 5.11 Å². The van der Waals surface area contributed by atoms with Gasteiger partial charge in [-0.05, 0) is 30.5 Å². The van der Waals surface area contributed by atoms with Gasteiger partial charge in [-0.15, -0.1) is 0 Å². The van der Waals surface area contributed by atoms with Gasteiger partial charge in [0.2, 0.25) is 0 Å². The molecule has 0 amide bonds. The molecule has 0 aliphatic rings. The van der Waals surface area contributed by atoms with Gasteiger partial charge in [-0.3, -0.25) is 0 Å². The quantitative estimate of drug-likeness (QED) is 0.768. The van der Waals surface area contributed by atoms with E-state index in [0.29, 0.717) is 5.92 Å². The zero-order valence-electron chi connectivity index (χ0n) is 8.99. The molecule has 1 heterocycles. The predicted octanol–water partition coefficient (Wildman–Crippen LogP) is 1.82. The molecule has 0 spiro atoms. The monoisotopic (exact) mass is 194 g/mol. The first-order chi connectivity index (χ1) is 6.63. The zero-order chi connectivity index (χ0) is 10.6. The third-order valence-corrected chi connectivity index (χ3v) is 2.25. The molecular weight excluding hydrogens is 176 g/mol. The van der Waals surface area contributed by atoms with E-state index in [1.807, 2.05) is 19.1 Å². The Morgan fingerprint density at radius 1 is 1.50 bits per heavy atom. The van der Waals surface area contributed by atoms with Crippen LogP contribution in [-0.4, -0.2) is 22.7 Å². The molecule has 0 radical (unpaired) electrons. The van der Waals surface area contributed by atoms with Gasteiger partial charge in [0.25, 0.3) is 0 Å². The number of nitrogens with zero attached hydrogens (tertiary/aromatic N) is 1. The Kier molecular flexibility index (Phi) is 3.89. The molecule has 0 unspecified atom stereocenters. The van der Waals surface area contributed by atoms with Crippen LogP contribution in [0.2, 0.25) is 0 Å². The number of hydrogen-bond acceptors (Lipinski definition) is 3. The summed E-state index contributed by atoms with van der Waals surface area (Å²) in [6, 6.07) is 4.00. The maximum Gasteiger partial charge on any atom is 0.126 e. The lowest BCUT2D eigenvalue weighted by atomic mass is 10.1. The summed E-state index contributed by atoms with van der Waals surface area (Å²) >= 11 is 0. The largest absolute Gasteiger partial charge is 0.394 e. The van der Waals surface area contributed by atoms with Gasteiger partial charge in [0.15, 0.2) is 0 Å². The van der Waals surface area contributed by atoms with Gasteiger partial charge < -0.3 is 10.4 Å². The molecule has 14 heavy (non-hydrogen) atoms. The summed E-state index contributed by atoms with van der Waals surface area (Å²) in [4.78, 5) is 4.19. The standard InChI is InChI=1S/C11H18N2O/c1-8(2)10(7-14)13-11-6-9(3)4-5-12-11/h4-6,8,10,14H,7H2,1-3H3,(H,12,13)/t10-/m1/s1. The Hall–Kier alpha value is -1.09. The summed E-state index contributed by atoms with van der Waals surface area (Å²) in [6.45, 7) is 6.30. The fraction of sp³-hybridized carbons (Fsp3) is 0.545. The van der Waals surface area contributed by atoms with Crippen LogP contribution in [0.15, 0.2) is 18.3 Å². The summed E-state index contributed by atoms with van der Waals surface area (Å²) in [6.07, 6.45) is 1.77. The molecule has 0 saturated carbocycles. The van der Waals surface area contributed by atoms with Gasteiger partial charge in [0.05, 0.1) is 12.6 Å². The van der Waals surface area contributed by atoms with Gasteiger partial charge in [0.1, 0.15) is 5.82 Å². The van der Waals surface area contributed by atoms with Crippen molar-refractivity contribution in [2.75, 3.05) is 11.9 Å². The highest BCUT2D eigenvalue weighted by molar-refractivity contribution is 5.38. The van der Waals surface area contributed by atoms with Crippen LogP contribution in [0.1, 0.15) is 19.4 Å². The van der Waals surface area contributed by atoms with E-state index in [1.54, 1.807) is 6.20 Å². The fourth-order valence-electron chi connectivity index (χ4n) is 1.23. The van der Waals surface area contributed by atoms with E-state index < -0.39 is 0 Å². The molecule has 0 aliphatic carbocycles. The molecule has 0 aromatic carbocycles. The Morgan fingerprint density at radius 2 is 2.21 bits per heavy atom. The van der Waals surface area contributed by atoms with E-state index in [1.165, 1.54) is 5.56 Å². The number of pyridine rings is 1. The molecule has 3 nitrogen and oxygen atoms in total. The first kappa shape index (κ1) is 11.0. The van der Waals surface area contributed by atoms with Crippen molar-refractivity contribution >= 4 is 5.82 Å². The first-order valence-corrected chi connectivity index (χ1v) is 4.93. The molecule has 1 atom stereocenters. The lowest BCUT2D eigenvalue weighted by Gasteiger charge is -2.20. The number of aliphatic hydroxyl groups is 1. The summed E-state index contributed by atoms with van der Waals surface area (Å²) in [5.41, 5.74) is 1.17. The lowest BCUT2D eigenvalue weighted by Crippen LogP contribution is -2.29. The van der Waals surface area contributed by atoms with Crippen LogP contribution in [0, 0.1) is 12.8 Å². The van der Waals surface area contributed by atoms with Gasteiger partial charge >= 0.3 is 0 Å². The average molecular weight is 194 g/mol. The summed E-state index contributed by atoms with van der Waals surface area (Å²) in [5.74, 6) is 1.22. The van der Waals surface area contributed by atoms with Crippen molar-refractivity contribution in [3.05, 3.63) is 23.9 Å². The van der Waals surface area contributed by atoms with E-state index in [4.69, 9.17) is 5.11 Å². The average Bonchev–Trinajstić information content (AvgIpc) is 2.14. The molecule has 0 saturated heterocycles. The summed E-state index contributed by atoms with van der Waals surface area (Å²) in [5, 5.41) is 12.3. The van der Waals surface area contributed by atoms with Gasteiger partial charge in [-0.2, -0.15) is 0 Å². The lowest BCUT2D eigenvalue weighted by molar-refractivity contribution is 0.249. The molecule has 1 aromatic heterocycles. The molecule has 1 aromatic rings. The maximum atomic E-state index is 9.14. The Labute approximate surface area is 85.2 Å².